The number of amides is 1. The molecule has 150 valence electrons. The molecule has 29 heavy (non-hydrogen) atoms. The van der Waals surface area contributed by atoms with E-state index in [1.54, 1.807) is 7.11 Å². The zero-order valence-corrected chi connectivity index (χ0v) is 17.8. The third-order valence-corrected chi connectivity index (χ3v) is 6.25. The Morgan fingerprint density at radius 1 is 1.07 bits per heavy atom. The largest absolute Gasteiger partial charge is 0.497 e. The smallest absolute Gasteiger partial charge is 0.260 e. The lowest BCUT2D eigenvalue weighted by Gasteiger charge is -2.35. The van der Waals surface area contributed by atoms with Gasteiger partial charge in [-0.3, -0.25) is 14.7 Å². The lowest BCUT2D eigenvalue weighted by molar-refractivity contribution is 0.0691. The number of hydrogen-bond acceptors (Lipinski definition) is 4. The van der Waals surface area contributed by atoms with Gasteiger partial charge in [-0.05, 0) is 69.0 Å². The van der Waals surface area contributed by atoms with Crippen LogP contribution < -0.4 is 4.74 Å². The highest BCUT2D eigenvalue weighted by atomic mass is 32.1. The number of rotatable bonds is 3. The summed E-state index contributed by atoms with van der Waals surface area (Å²) in [5.41, 5.74) is 2.84. The van der Waals surface area contributed by atoms with Crippen LogP contribution in [0.3, 0.4) is 0 Å². The summed E-state index contributed by atoms with van der Waals surface area (Å²) in [4.78, 5) is 21.1. The van der Waals surface area contributed by atoms with Crippen LogP contribution in [0.15, 0.2) is 53.5 Å². The fourth-order valence-electron chi connectivity index (χ4n) is 4.36. The first-order valence-electron chi connectivity index (χ1n) is 10.2. The predicted molar refractivity (Wildman–Crippen MR) is 120 cm³/mol. The van der Waals surface area contributed by atoms with Crippen LogP contribution >= 0.6 is 12.2 Å². The van der Waals surface area contributed by atoms with Crippen LogP contribution in [0.4, 0.5) is 0 Å². The third-order valence-electron chi connectivity index (χ3n) is 5.88. The highest BCUT2D eigenvalue weighted by molar-refractivity contribution is 7.82. The van der Waals surface area contributed by atoms with E-state index in [0.29, 0.717) is 10.6 Å². The Kier molecular flexibility index (Phi) is 5.50. The molecule has 0 saturated heterocycles. The van der Waals surface area contributed by atoms with Crippen molar-refractivity contribution < 1.29 is 9.53 Å². The molecule has 1 amide bonds. The van der Waals surface area contributed by atoms with Gasteiger partial charge in [0.2, 0.25) is 0 Å². The number of hydrogen-bond donors (Lipinski definition) is 0. The van der Waals surface area contributed by atoms with E-state index in [2.05, 4.69) is 0 Å². The molecule has 2 aliphatic rings. The van der Waals surface area contributed by atoms with Crippen LogP contribution in [-0.2, 0) is 0 Å². The van der Waals surface area contributed by atoms with Crippen molar-refractivity contribution in [1.82, 2.24) is 4.90 Å². The predicted octanol–water partition coefficient (Wildman–Crippen LogP) is 5.33. The molecule has 1 heterocycles. The van der Waals surface area contributed by atoms with E-state index in [1.165, 1.54) is 12.8 Å². The Morgan fingerprint density at radius 3 is 2.38 bits per heavy atom. The van der Waals surface area contributed by atoms with Gasteiger partial charge in [0.05, 0.1) is 7.11 Å². The van der Waals surface area contributed by atoms with Gasteiger partial charge in [0.1, 0.15) is 22.1 Å². The van der Waals surface area contributed by atoms with Crippen LogP contribution in [0.5, 0.6) is 5.75 Å². The van der Waals surface area contributed by atoms with Crippen LogP contribution in [-0.4, -0.2) is 34.3 Å². The molecule has 0 N–H and O–H groups in total. The fraction of sp³-hybridized carbons (Fsp3) is 0.375. The van der Waals surface area contributed by atoms with Crippen molar-refractivity contribution in [3.63, 3.8) is 0 Å². The van der Waals surface area contributed by atoms with Gasteiger partial charge in [0.15, 0.2) is 0 Å². The summed E-state index contributed by atoms with van der Waals surface area (Å²) in [5, 5.41) is 0. The molecule has 1 aliphatic heterocycles. The SMILES string of the molecule is COc1ccc(C2=NC3(CCCCCC3)N(C(=O)c3cccc(C)c3)C2=S)cc1. The fourth-order valence-corrected chi connectivity index (χ4v) is 4.77. The van der Waals surface area contributed by atoms with E-state index < -0.39 is 5.66 Å². The first kappa shape index (κ1) is 19.8. The molecule has 4 nitrogen and oxygen atoms in total. The number of carbonyl (C=O) groups is 1. The number of aliphatic imine (C=N–C) groups is 1. The highest BCUT2D eigenvalue weighted by Crippen LogP contribution is 2.40. The number of nitrogens with zero attached hydrogens (tertiary/aromatic N) is 2. The molecule has 1 aliphatic carbocycles. The molecule has 4 rings (SSSR count). The monoisotopic (exact) mass is 406 g/mol. The average molecular weight is 407 g/mol. The molecule has 0 aromatic heterocycles. The van der Waals surface area contributed by atoms with E-state index in [1.807, 2.05) is 60.4 Å². The normalized spacial score (nSPS) is 18.5. The van der Waals surface area contributed by atoms with Crippen molar-refractivity contribution in [3.05, 3.63) is 65.2 Å². The van der Waals surface area contributed by atoms with Crippen LogP contribution in [0.2, 0.25) is 0 Å². The number of aryl methyl sites for hydroxylation is 1. The third kappa shape index (κ3) is 3.71. The number of carbonyl (C=O) groups excluding carboxylic acids is 1. The molecular formula is C24H26N2O2S. The van der Waals surface area contributed by atoms with Gasteiger partial charge in [-0.2, -0.15) is 0 Å². The van der Waals surface area contributed by atoms with Crippen molar-refractivity contribution >= 4 is 28.8 Å². The van der Waals surface area contributed by atoms with Gasteiger partial charge >= 0.3 is 0 Å². The zero-order valence-electron chi connectivity index (χ0n) is 17.0. The van der Waals surface area contributed by atoms with E-state index in [9.17, 15) is 4.79 Å². The minimum absolute atomic E-state index is 0.0483. The molecule has 0 atom stereocenters. The Bertz CT molecular complexity index is 957. The Hall–Kier alpha value is -2.53. The van der Waals surface area contributed by atoms with E-state index in [-0.39, 0.29) is 5.91 Å². The summed E-state index contributed by atoms with van der Waals surface area (Å²) in [6.07, 6.45) is 6.16. The molecule has 1 spiro atoms. The quantitative estimate of drug-likeness (QED) is 0.647. The molecule has 1 fully saturated rings. The molecule has 2 aromatic rings. The van der Waals surface area contributed by atoms with Crippen molar-refractivity contribution in [2.24, 2.45) is 4.99 Å². The first-order chi connectivity index (χ1) is 14.0. The van der Waals surface area contributed by atoms with Crippen molar-refractivity contribution in [3.8, 4) is 5.75 Å². The summed E-state index contributed by atoms with van der Waals surface area (Å²) >= 11 is 5.86. The van der Waals surface area contributed by atoms with Crippen molar-refractivity contribution in [1.29, 1.82) is 0 Å². The summed E-state index contributed by atoms with van der Waals surface area (Å²) in [6.45, 7) is 2.00. The maximum atomic E-state index is 13.6. The maximum absolute atomic E-state index is 13.6. The van der Waals surface area contributed by atoms with Gasteiger partial charge in [-0.15, -0.1) is 0 Å². The molecule has 1 saturated carbocycles. The summed E-state index contributed by atoms with van der Waals surface area (Å²) in [6, 6.07) is 15.5. The first-order valence-corrected chi connectivity index (χ1v) is 10.6. The zero-order chi connectivity index (χ0) is 20.4. The summed E-state index contributed by atoms with van der Waals surface area (Å²) < 4.78 is 5.28. The second-order valence-corrected chi connectivity index (χ2v) is 8.29. The number of methoxy groups -OCH3 is 1. The second kappa shape index (κ2) is 8.07. The van der Waals surface area contributed by atoms with Gasteiger partial charge in [0.25, 0.3) is 5.91 Å². The average Bonchev–Trinajstić information content (AvgIpc) is 2.87. The van der Waals surface area contributed by atoms with E-state index in [4.69, 9.17) is 21.9 Å². The topological polar surface area (TPSA) is 41.9 Å². The Balaban J connectivity index is 1.77. The number of ether oxygens (including phenoxy) is 1. The lowest BCUT2D eigenvalue weighted by atomic mass is 9.98. The minimum Gasteiger partial charge on any atom is -0.497 e. The van der Waals surface area contributed by atoms with Crippen LogP contribution in [0.1, 0.15) is 60.0 Å². The molecule has 0 unspecified atom stereocenters. The standard InChI is InChI=1S/C24H26N2O2S/c1-17-8-7-9-19(16-17)22(27)26-23(29)21(18-10-12-20(28-2)13-11-18)25-24(26)14-5-3-4-6-15-24/h7-13,16H,3-6,14-15H2,1-2H3. The van der Waals surface area contributed by atoms with E-state index in [0.717, 1.165) is 48.3 Å². The van der Waals surface area contributed by atoms with Gasteiger partial charge in [-0.1, -0.05) is 42.8 Å². The van der Waals surface area contributed by atoms with Crippen LogP contribution in [0, 0.1) is 6.92 Å². The number of benzene rings is 2. The maximum Gasteiger partial charge on any atom is 0.260 e. The Labute approximate surface area is 177 Å². The highest BCUT2D eigenvalue weighted by Gasteiger charge is 2.48. The molecule has 0 bridgehead atoms. The van der Waals surface area contributed by atoms with Crippen molar-refractivity contribution in [2.45, 2.75) is 51.1 Å². The Morgan fingerprint density at radius 2 is 1.76 bits per heavy atom. The van der Waals surface area contributed by atoms with Gasteiger partial charge in [-0.25, -0.2) is 0 Å². The minimum atomic E-state index is -0.566. The summed E-state index contributed by atoms with van der Waals surface area (Å²) in [5.74, 6) is 0.739. The van der Waals surface area contributed by atoms with Crippen molar-refractivity contribution in [2.75, 3.05) is 7.11 Å². The van der Waals surface area contributed by atoms with Crippen LogP contribution in [0.25, 0.3) is 0 Å². The molecule has 0 radical (unpaired) electrons. The molecule has 5 heteroatoms. The van der Waals surface area contributed by atoms with Gasteiger partial charge in [0, 0.05) is 11.1 Å². The second-order valence-electron chi connectivity index (χ2n) is 7.90. The number of thiocarbonyl (C=S) groups is 1. The summed E-state index contributed by atoms with van der Waals surface area (Å²) in [7, 11) is 1.65. The molecular weight excluding hydrogens is 380 g/mol. The van der Waals surface area contributed by atoms with Gasteiger partial charge < -0.3 is 4.74 Å². The molecule has 2 aromatic carbocycles. The van der Waals surface area contributed by atoms with E-state index >= 15 is 0 Å². The lowest BCUT2D eigenvalue weighted by Crippen LogP contribution is -2.49.